The molecular formula is C10H17IO3. The summed E-state index contributed by atoms with van der Waals surface area (Å²) < 4.78 is 10.7. The van der Waals surface area contributed by atoms with Crippen molar-refractivity contribution in [1.29, 1.82) is 0 Å². The van der Waals surface area contributed by atoms with Crippen molar-refractivity contribution < 1.29 is 14.3 Å². The average molecular weight is 312 g/mol. The molecule has 0 bridgehead atoms. The molecule has 0 aromatic carbocycles. The van der Waals surface area contributed by atoms with E-state index in [-0.39, 0.29) is 18.2 Å². The van der Waals surface area contributed by atoms with Gasteiger partial charge in [-0.2, -0.15) is 0 Å². The molecular weight excluding hydrogens is 295 g/mol. The molecule has 0 N–H and O–H groups in total. The number of halogens is 1. The fraction of sp³-hybridized carbons (Fsp3) is 0.900. The Hall–Kier alpha value is 0.160. The molecule has 0 amide bonds. The number of ether oxygens (including phenoxy) is 2. The maximum absolute atomic E-state index is 11.3. The van der Waals surface area contributed by atoms with E-state index in [1.54, 1.807) is 7.11 Å². The number of alkyl halides is 1. The molecule has 0 radical (unpaired) electrons. The van der Waals surface area contributed by atoms with Crippen LogP contribution in [0.15, 0.2) is 0 Å². The molecule has 0 spiro atoms. The standard InChI is InChI=1S/C10H17IO3/c1-6(2)4-7(11)8-5-9(13-3)10(12)14-8/h6-9H,4-5H2,1-3H3/t7-,8+,9+/m1/s1. The second-order valence-electron chi connectivity index (χ2n) is 4.08. The topological polar surface area (TPSA) is 35.5 Å². The quantitative estimate of drug-likeness (QED) is 0.453. The van der Waals surface area contributed by atoms with Crippen LogP contribution in [-0.4, -0.2) is 29.2 Å². The zero-order valence-electron chi connectivity index (χ0n) is 8.83. The van der Waals surface area contributed by atoms with Gasteiger partial charge < -0.3 is 9.47 Å². The fourth-order valence-electron chi connectivity index (χ4n) is 1.60. The van der Waals surface area contributed by atoms with Crippen LogP contribution >= 0.6 is 22.6 Å². The van der Waals surface area contributed by atoms with E-state index in [1.165, 1.54) is 0 Å². The summed E-state index contributed by atoms with van der Waals surface area (Å²) in [6.45, 7) is 4.35. The molecule has 0 aliphatic carbocycles. The number of methoxy groups -OCH3 is 1. The minimum absolute atomic E-state index is 0.0375. The normalized spacial score (nSPS) is 29.4. The Morgan fingerprint density at radius 1 is 1.64 bits per heavy atom. The van der Waals surface area contributed by atoms with Gasteiger partial charge in [-0.25, -0.2) is 4.79 Å². The van der Waals surface area contributed by atoms with E-state index in [1.807, 2.05) is 0 Å². The first-order valence-corrected chi connectivity index (χ1v) is 6.16. The van der Waals surface area contributed by atoms with Gasteiger partial charge in [0.1, 0.15) is 6.10 Å². The third-order valence-corrected chi connectivity index (χ3v) is 3.67. The van der Waals surface area contributed by atoms with Gasteiger partial charge in [-0.3, -0.25) is 0 Å². The van der Waals surface area contributed by atoms with Gasteiger partial charge in [0, 0.05) is 17.5 Å². The highest BCUT2D eigenvalue weighted by atomic mass is 127. The van der Waals surface area contributed by atoms with Crippen molar-refractivity contribution in [2.75, 3.05) is 7.11 Å². The monoisotopic (exact) mass is 312 g/mol. The van der Waals surface area contributed by atoms with E-state index in [0.29, 0.717) is 16.3 Å². The predicted molar refractivity (Wildman–Crippen MR) is 62.6 cm³/mol. The van der Waals surface area contributed by atoms with Crippen LogP contribution < -0.4 is 0 Å². The number of hydrogen-bond donors (Lipinski definition) is 0. The van der Waals surface area contributed by atoms with Gasteiger partial charge in [-0.15, -0.1) is 0 Å². The van der Waals surface area contributed by atoms with Gasteiger partial charge in [0.25, 0.3) is 0 Å². The lowest BCUT2D eigenvalue weighted by Crippen LogP contribution is -2.21. The third kappa shape index (κ3) is 3.08. The summed E-state index contributed by atoms with van der Waals surface area (Å²) in [6.07, 6.45) is 1.48. The van der Waals surface area contributed by atoms with E-state index in [2.05, 4.69) is 36.4 Å². The zero-order valence-corrected chi connectivity index (χ0v) is 11.0. The Morgan fingerprint density at radius 2 is 2.29 bits per heavy atom. The molecule has 0 aromatic rings. The van der Waals surface area contributed by atoms with Gasteiger partial charge in [-0.1, -0.05) is 36.4 Å². The summed E-state index contributed by atoms with van der Waals surface area (Å²) in [7, 11) is 1.55. The van der Waals surface area contributed by atoms with E-state index >= 15 is 0 Å². The van der Waals surface area contributed by atoms with Crippen LogP contribution in [0.1, 0.15) is 26.7 Å². The highest BCUT2D eigenvalue weighted by Gasteiger charge is 2.38. The number of carbonyl (C=O) groups is 1. The van der Waals surface area contributed by atoms with E-state index < -0.39 is 0 Å². The summed E-state index contributed by atoms with van der Waals surface area (Å²) >= 11 is 2.36. The molecule has 0 unspecified atom stereocenters. The molecule has 3 atom stereocenters. The number of cyclic esters (lactones) is 1. The molecule has 14 heavy (non-hydrogen) atoms. The van der Waals surface area contributed by atoms with Gasteiger partial charge in [0.15, 0.2) is 6.10 Å². The van der Waals surface area contributed by atoms with Crippen molar-refractivity contribution in [3.05, 3.63) is 0 Å². The summed E-state index contributed by atoms with van der Waals surface area (Å²) in [4.78, 5) is 11.3. The Morgan fingerprint density at radius 3 is 2.71 bits per heavy atom. The number of rotatable bonds is 4. The van der Waals surface area contributed by atoms with Crippen molar-refractivity contribution >= 4 is 28.6 Å². The largest absolute Gasteiger partial charge is 0.459 e. The molecule has 0 saturated carbocycles. The predicted octanol–water partition coefficient (Wildman–Crippen LogP) is 2.17. The fourth-order valence-corrected chi connectivity index (χ4v) is 3.05. The van der Waals surface area contributed by atoms with Crippen LogP contribution in [-0.2, 0) is 14.3 Å². The minimum atomic E-state index is -0.343. The van der Waals surface area contributed by atoms with Crippen molar-refractivity contribution in [3.8, 4) is 0 Å². The number of esters is 1. The van der Waals surface area contributed by atoms with Gasteiger partial charge in [0.2, 0.25) is 0 Å². The lowest BCUT2D eigenvalue weighted by molar-refractivity contribution is -0.148. The van der Waals surface area contributed by atoms with E-state index in [9.17, 15) is 4.79 Å². The Kier molecular flexibility index (Phi) is 4.63. The molecule has 3 nitrogen and oxygen atoms in total. The van der Waals surface area contributed by atoms with Crippen LogP contribution in [0, 0.1) is 5.92 Å². The molecule has 1 heterocycles. The molecule has 4 heteroatoms. The Balaban J connectivity index is 2.44. The molecule has 1 saturated heterocycles. The Labute approximate surface area is 98.7 Å². The van der Waals surface area contributed by atoms with Gasteiger partial charge >= 0.3 is 5.97 Å². The highest BCUT2D eigenvalue weighted by Crippen LogP contribution is 2.28. The van der Waals surface area contributed by atoms with Crippen LogP contribution in [0.3, 0.4) is 0 Å². The molecule has 82 valence electrons. The van der Waals surface area contributed by atoms with E-state index in [4.69, 9.17) is 9.47 Å². The second kappa shape index (κ2) is 5.30. The maximum atomic E-state index is 11.3. The maximum Gasteiger partial charge on any atom is 0.335 e. The minimum Gasteiger partial charge on any atom is -0.459 e. The van der Waals surface area contributed by atoms with Crippen molar-refractivity contribution in [2.24, 2.45) is 5.92 Å². The van der Waals surface area contributed by atoms with Crippen LogP contribution in [0.4, 0.5) is 0 Å². The number of hydrogen-bond acceptors (Lipinski definition) is 3. The lowest BCUT2D eigenvalue weighted by Gasteiger charge is -2.17. The lowest BCUT2D eigenvalue weighted by atomic mass is 10.0. The van der Waals surface area contributed by atoms with Crippen LogP contribution in [0.5, 0.6) is 0 Å². The summed E-state index contributed by atoms with van der Waals surface area (Å²) in [5.41, 5.74) is 0. The SMILES string of the molecule is CO[C@H]1C[C@@H]([C@H](I)CC(C)C)OC1=O. The summed E-state index contributed by atoms with van der Waals surface area (Å²) in [5.74, 6) is 0.431. The molecule has 0 aromatic heterocycles. The molecule has 1 aliphatic heterocycles. The van der Waals surface area contributed by atoms with Crippen LogP contribution in [0.2, 0.25) is 0 Å². The van der Waals surface area contributed by atoms with Crippen LogP contribution in [0.25, 0.3) is 0 Å². The molecule has 1 rings (SSSR count). The zero-order chi connectivity index (χ0) is 10.7. The Bertz CT molecular complexity index is 206. The number of carbonyl (C=O) groups excluding carboxylic acids is 1. The highest BCUT2D eigenvalue weighted by molar-refractivity contribution is 14.1. The van der Waals surface area contributed by atoms with Gasteiger partial charge in [-0.05, 0) is 12.3 Å². The smallest absolute Gasteiger partial charge is 0.335 e. The third-order valence-electron chi connectivity index (χ3n) is 2.36. The first kappa shape index (κ1) is 12.2. The molecule has 1 fully saturated rings. The van der Waals surface area contributed by atoms with Gasteiger partial charge in [0.05, 0.1) is 0 Å². The first-order valence-electron chi connectivity index (χ1n) is 4.92. The van der Waals surface area contributed by atoms with Crippen molar-refractivity contribution in [2.45, 2.75) is 42.8 Å². The average Bonchev–Trinajstić information content (AvgIpc) is 2.45. The first-order chi connectivity index (χ1) is 6.54. The van der Waals surface area contributed by atoms with Crippen molar-refractivity contribution in [1.82, 2.24) is 0 Å². The van der Waals surface area contributed by atoms with E-state index in [0.717, 1.165) is 6.42 Å². The molecule has 1 aliphatic rings. The summed E-state index contributed by atoms with van der Waals surface area (Å²) in [6, 6.07) is 0. The van der Waals surface area contributed by atoms with Crippen molar-refractivity contribution in [3.63, 3.8) is 0 Å². The summed E-state index contributed by atoms with van der Waals surface area (Å²) in [5, 5.41) is 0. The second-order valence-corrected chi connectivity index (χ2v) is 5.68.